The molecule has 1 aromatic heterocycles. The highest BCUT2D eigenvalue weighted by molar-refractivity contribution is 9.10. The Bertz CT molecular complexity index is 533. The van der Waals surface area contributed by atoms with Crippen LogP contribution < -0.4 is 4.74 Å². The van der Waals surface area contributed by atoms with Crippen LogP contribution in [0.2, 0.25) is 10.4 Å². The Morgan fingerprint density at radius 2 is 2.00 bits per heavy atom. The number of nitrogens with zero attached hydrogens (tertiary/aromatic N) is 2. The number of aromatic nitrogens is 2. The Labute approximate surface area is 105 Å². The molecule has 0 spiro atoms. The van der Waals surface area contributed by atoms with E-state index in [-0.39, 0.29) is 5.28 Å². The second-order valence-corrected chi connectivity index (χ2v) is 4.34. The number of hydrogen-bond donors (Lipinski definition) is 0. The highest BCUT2D eigenvalue weighted by atomic mass is 79.9. The van der Waals surface area contributed by atoms with Crippen LogP contribution in [0.5, 0.6) is 5.75 Å². The molecule has 0 radical (unpaired) electrons. The van der Waals surface area contributed by atoms with Gasteiger partial charge in [-0.25, -0.2) is 9.97 Å². The van der Waals surface area contributed by atoms with E-state index >= 15 is 0 Å². The first-order chi connectivity index (χ1) is 7.11. The highest BCUT2D eigenvalue weighted by Gasteiger charge is 2.10. The van der Waals surface area contributed by atoms with Crippen molar-refractivity contribution >= 4 is 50.0 Å². The van der Waals surface area contributed by atoms with Crippen LogP contribution in [0.15, 0.2) is 16.6 Å². The Balaban J connectivity index is 2.85. The van der Waals surface area contributed by atoms with Crippen LogP contribution in [0.25, 0.3) is 10.9 Å². The molecule has 1 heterocycles. The maximum absolute atomic E-state index is 5.96. The molecule has 0 amide bonds. The highest BCUT2D eigenvalue weighted by Crippen LogP contribution is 2.32. The summed E-state index contributed by atoms with van der Waals surface area (Å²) in [6, 6.07) is 3.55. The van der Waals surface area contributed by atoms with E-state index < -0.39 is 0 Å². The standard InChI is InChI=1S/C9H5BrCl2N2O/c1-15-4-2-5(10)7-6(3-4)13-9(12)14-8(7)11/h2-3H,1H3. The maximum atomic E-state index is 5.96. The topological polar surface area (TPSA) is 35.0 Å². The molecule has 0 aliphatic carbocycles. The summed E-state index contributed by atoms with van der Waals surface area (Å²) < 4.78 is 5.88. The monoisotopic (exact) mass is 306 g/mol. The molecule has 6 heteroatoms. The van der Waals surface area contributed by atoms with Crippen LogP contribution in [0.1, 0.15) is 0 Å². The van der Waals surface area contributed by atoms with Crippen molar-refractivity contribution in [1.29, 1.82) is 0 Å². The molecule has 0 saturated heterocycles. The van der Waals surface area contributed by atoms with Gasteiger partial charge in [0.1, 0.15) is 10.9 Å². The third-order valence-electron chi connectivity index (χ3n) is 1.89. The zero-order valence-corrected chi connectivity index (χ0v) is 10.7. The van der Waals surface area contributed by atoms with Crippen molar-refractivity contribution in [3.8, 4) is 5.75 Å². The molecule has 78 valence electrons. The van der Waals surface area contributed by atoms with Crippen molar-refractivity contribution in [3.05, 3.63) is 27.0 Å². The van der Waals surface area contributed by atoms with E-state index in [2.05, 4.69) is 25.9 Å². The summed E-state index contributed by atoms with van der Waals surface area (Å²) in [4.78, 5) is 7.93. The Morgan fingerprint density at radius 3 is 2.67 bits per heavy atom. The number of halogens is 3. The first-order valence-electron chi connectivity index (χ1n) is 3.98. The number of fused-ring (bicyclic) bond motifs is 1. The minimum atomic E-state index is 0.118. The molecular formula is C9H5BrCl2N2O. The minimum Gasteiger partial charge on any atom is -0.497 e. The van der Waals surface area contributed by atoms with E-state index in [9.17, 15) is 0 Å². The molecule has 0 unspecified atom stereocenters. The average Bonchev–Trinajstić information content (AvgIpc) is 2.15. The number of rotatable bonds is 1. The fourth-order valence-electron chi connectivity index (χ4n) is 1.24. The lowest BCUT2D eigenvalue weighted by atomic mass is 10.2. The predicted octanol–water partition coefficient (Wildman–Crippen LogP) is 3.71. The molecule has 0 atom stereocenters. The number of methoxy groups -OCH3 is 1. The number of benzene rings is 1. The van der Waals surface area contributed by atoms with Gasteiger partial charge in [-0.1, -0.05) is 11.6 Å². The first kappa shape index (κ1) is 10.9. The normalized spacial score (nSPS) is 10.7. The molecule has 0 fully saturated rings. The Morgan fingerprint density at radius 1 is 1.27 bits per heavy atom. The number of ether oxygens (including phenoxy) is 1. The van der Waals surface area contributed by atoms with Crippen LogP contribution in [0, 0.1) is 0 Å². The summed E-state index contributed by atoms with van der Waals surface area (Å²) in [7, 11) is 1.58. The van der Waals surface area contributed by atoms with E-state index in [1.165, 1.54) is 0 Å². The van der Waals surface area contributed by atoms with Crippen LogP contribution in [0.3, 0.4) is 0 Å². The van der Waals surface area contributed by atoms with Gasteiger partial charge in [0.25, 0.3) is 0 Å². The molecule has 0 aliphatic heterocycles. The fourth-order valence-corrected chi connectivity index (χ4v) is 2.47. The van der Waals surface area contributed by atoms with Crippen molar-refractivity contribution in [1.82, 2.24) is 9.97 Å². The summed E-state index contributed by atoms with van der Waals surface area (Å²) >= 11 is 15.0. The zero-order chi connectivity index (χ0) is 11.0. The van der Waals surface area contributed by atoms with E-state index in [4.69, 9.17) is 27.9 Å². The number of hydrogen-bond acceptors (Lipinski definition) is 3. The van der Waals surface area contributed by atoms with E-state index in [0.29, 0.717) is 16.4 Å². The van der Waals surface area contributed by atoms with Gasteiger partial charge in [-0.05, 0) is 33.6 Å². The summed E-state index contributed by atoms with van der Waals surface area (Å²) in [5.41, 5.74) is 0.645. The average molecular weight is 308 g/mol. The lowest BCUT2D eigenvalue weighted by Crippen LogP contribution is -1.90. The van der Waals surface area contributed by atoms with Crippen molar-refractivity contribution in [2.45, 2.75) is 0 Å². The molecule has 1 aromatic carbocycles. The van der Waals surface area contributed by atoms with Gasteiger partial charge in [0.05, 0.1) is 18.0 Å². The minimum absolute atomic E-state index is 0.118. The predicted molar refractivity (Wildman–Crippen MR) is 63.8 cm³/mol. The smallest absolute Gasteiger partial charge is 0.224 e. The van der Waals surface area contributed by atoms with Crippen LogP contribution in [-0.4, -0.2) is 17.1 Å². The first-order valence-corrected chi connectivity index (χ1v) is 5.53. The molecule has 2 rings (SSSR count). The van der Waals surface area contributed by atoms with Gasteiger partial charge in [0.15, 0.2) is 0 Å². The lowest BCUT2D eigenvalue weighted by Gasteiger charge is -2.05. The summed E-state index contributed by atoms with van der Waals surface area (Å²) in [6.07, 6.45) is 0. The van der Waals surface area contributed by atoms with Crippen molar-refractivity contribution in [3.63, 3.8) is 0 Å². The summed E-state index contributed by atoms with van der Waals surface area (Å²) in [5, 5.41) is 1.16. The van der Waals surface area contributed by atoms with Crippen molar-refractivity contribution < 1.29 is 4.74 Å². The zero-order valence-electron chi connectivity index (χ0n) is 7.59. The van der Waals surface area contributed by atoms with Gasteiger partial charge >= 0.3 is 0 Å². The van der Waals surface area contributed by atoms with Gasteiger partial charge in [0.2, 0.25) is 5.28 Å². The molecule has 15 heavy (non-hydrogen) atoms. The van der Waals surface area contributed by atoms with Crippen LogP contribution in [-0.2, 0) is 0 Å². The fraction of sp³-hybridized carbons (Fsp3) is 0.111. The molecular weight excluding hydrogens is 303 g/mol. The maximum Gasteiger partial charge on any atom is 0.224 e. The molecule has 2 aromatic rings. The van der Waals surface area contributed by atoms with Crippen LogP contribution in [0.4, 0.5) is 0 Å². The van der Waals surface area contributed by atoms with Crippen molar-refractivity contribution in [2.75, 3.05) is 7.11 Å². The molecule has 3 nitrogen and oxygen atoms in total. The van der Waals surface area contributed by atoms with E-state index in [1.54, 1.807) is 19.2 Å². The SMILES string of the molecule is COc1cc(Br)c2c(Cl)nc(Cl)nc2c1. The molecule has 0 N–H and O–H groups in total. The summed E-state index contributed by atoms with van der Waals surface area (Å²) in [6.45, 7) is 0. The van der Waals surface area contributed by atoms with Gasteiger partial charge in [-0.3, -0.25) is 0 Å². The van der Waals surface area contributed by atoms with Gasteiger partial charge in [-0.2, -0.15) is 0 Å². The summed E-state index contributed by atoms with van der Waals surface area (Å²) in [5.74, 6) is 0.681. The third-order valence-corrected chi connectivity index (χ3v) is 2.96. The van der Waals surface area contributed by atoms with Gasteiger partial charge in [0, 0.05) is 10.5 Å². The van der Waals surface area contributed by atoms with Gasteiger partial charge < -0.3 is 4.74 Å². The largest absolute Gasteiger partial charge is 0.497 e. The van der Waals surface area contributed by atoms with Gasteiger partial charge in [-0.15, -0.1) is 0 Å². The van der Waals surface area contributed by atoms with Crippen molar-refractivity contribution in [2.24, 2.45) is 0 Å². The molecule has 0 saturated carbocycles. The second kappa shape index (κ2) is 4.12. The Kier molecular flexibility index (Phi) is 3.00. The second-order valence-electron chi connectivity index (χ2n) is 2.79. The van der Waals surface area contributed by atoms with Crippen LogP contribution >= 0.6 is 39.1 Å². The van der Waals surface area contributed by atoms with E-state index in [0.717, 1.165) is 9.86 Å². The molecule has 0 bridgehead atoms. The lowest BCUT2D eigenvalue weighted by molar-refractivity contribution is 0.415. The quantitative estimate of drug-likeness (QED) is 0.595. The molecule has 0 aliphatic rings. The van der Waals surface area contributed by atoms with E-state index in [1.807, 2.05) is 0 Å². The third kappa shape index (κ3) is 2.02. The Hall–Kier alpha value is -0.580.